The lowest BCUT2D eigenvalue weighted by Gasteiger charge is -2.04. The topological polar surface area (TPSA) is 24.9 Å². The molecule has 2 aromatic rings. The van der Waals surface area contributed by atoms with E-state index in [0.29, 0.717) is 0 Å². The highest BCUT2D eigenvalue weighted by Gasteiger charge is 1.91. The molecule has 2 rings (SSSR count). The van der Waals surface area contributed by atoms with E-state index in [1.54, 1.807) is 12.3 Å². The van der Waals surface area contributed by atoms with Crippen LogP contribution >= 0.6 is 0 Å². The summed E-state index contributed by atoms with van der Waals surface area (Å²) in [5.41, 5.74) is 2.29. The average Bonchev–Trinajstić information content (AvgIpc) is 2.29. The molecule has 14 heavy (non-hydrogen) atoms. The SMILES string of the molecule is [c]1ccc(NCc2ccccc2)cn1. The zero-order chi connectivity index (χ0) is 9.64. The Bertz CT molecular complexity index is 331. The van der Waals surface area contributed by atoms with Gasteiger partial charge in [-0.05, 0) is 17.7 Å². The summed E-state index contributed by atoms with van der Waals surface area (Å²) in [6, 6.07) is 14.0. The highest BCUT2D eigenvalue weighted by atomic mass is 14.9. The van der Waals surface area contributed by atoms with Crippen molar-refractivity contribution in [2.45, 2.75) is 6.54 Å². The zero-order valence-corrected chi connectivity index (χ0v) is 7.77. The Morgan fingerprint density at radius 2 is 2.00 bits per heavy atom. The first-order valence-corrected chi connectivity index (χ1v) is 4.55. The van der Waals surface area contributed by atoms with Crippen molar-refractivity contribution in [1.29, 1.82) is 0 Å². The van der Waals surface area contributed by atoms with Gasteiger partial charge in [0.2, 0.25) is 0 Å². The Balaban J connectivity index is 1.96. The zero-order valence-electron chi connectivity index (χ0n) is 7.77. The Morgan fingerprint density at radius 3 is 2.71 bits per heavy atom. The van der Waals surface area contributed by atoms with Gasteiger partial charge in [0.15, 0.2) is 0 Å². The molecule has 1 aromatic carbocycles. The minimum Gasteiger partial charge on any atom is -0.380 e. The van der Waals surface area contributed by atoms with Crippen molar-refractivity contribution in [2.24, 2.45) is 0 Å². The van der Waals surface area contributed by atoms with Crippen LogP contribution in [0.5, 0.6) is 0 Å². The molecule has 1 heterocycles. The van der Waals surface area contributed by atoms with Crippen molar-refractivity contribution >= 4 is 5.69 Å². The van der Waals surface area contributed by atoms with Crippen molar-refractivity contribution in [1.82, 2.24) is 4.98 Å². The van der Waals surface area contributed by atoms with Gasteiger partial charge in [0.25, 0.3) is 0 Å². The van der Waals surface area contributed by atoms with Crippen molar-refractivity contribution in [3.8, 4) is 0 Å². The molecular formula is C12H11N2. The lowest BCUT2D eigenvalue weighted by molar-refractivity contribution is 1.14. The number of aromatic nitrogens is 1. The predicted octanol–water partition coefficient (Wildman–Crippen LogP) is 2.49. The molecule has 0 aliphatic rings. The van der Waals surface area contributed by atoms with Crippen LogP contribution in [0.2, 0.25) is 0 Å². The molecule has 0 saturated carbocycles. The summed E-state index contributed by atoms with van der Waals surface area (Å²) in [5, 5.41) is 3.28. The highest BCUT2D eigenvalue weighted by Crippen LogP contribution is 2.05. The second-order valence-corrected chi connectivity index (χ2v) is 3.02. The van der Waals surface area contributed by atoms with Crippen LogP contribution in [0.25, 0.3) is 0 Å². The maximum Gasteiger partial charge on any atom is 0.0887 e. The summed E-state index contributed by atoms with van der Waals surface area (Å²) >= 11 is 0. The monoisotopic (exact) mass is 183 g/mol. The highest BCUT2D eigenvalue weighted by molar-refractivity contribution is 5.40. The summed E-state index contributed by atoms with van der Waals surface area (Å²) < 4.78 is 0. The van der Waals surface area contributed by atoms with Gasteiger partial charge in [-0.3, -0.25) is 4.98 Å². The fourth-order valence-corrected chi connectivity index (χ4v) is 1.22. The normalized spacial score (nSPS) is 9.71. The number of pyridine rings is 1. The van der Waals surface area contributed by atoms with Crippen LogP contribution in [0.3, 0.4) is 0 Å². The number of anilines is 1. The number of rotatable bonds is 3. The molecule has 2 heteroatoms. The third kappa shape index (κ3) is 2.33. The van der Waals surface area contributed by atoms with Crippen molar-refractivity contribution in [3.05, 3.63) is 60.4 Å². The van der Waals surface area contributed by atoms with Crippen LogP contribution in [0.1, 0.15) is 5.56 Å². The fraction of sp³-hybridized carbons (Fsp3) is 0.0833. The number of hydrogen-bond donors (Lipinski definition) is 1. The number of nitrogens with zero attached hydrogens (tertiary/aromatic N) is 1. The molecule has 1 radical (unpaired) electrons. The molecule has 2 nitrogen and oxygen atoms in total. The Hall–Kier alpha value is -1.83. The molecule has 0 spiro atoms. The maximum absolute atomic E-state index is 3.91. The summed E-state index contributed by atoms with van der Waals surface area (Å²) in [7, 11) is 0. The van der Waals surface area contributed by atoms with Crippen LogP contribution in [0.4, 0.5) is 5.69 Å². The molecule has 0 aliphatic carbocycles. The van der Waals surface area contributed by atoms with Gasteiger partial charge in [-0.15, -0.1) is 0 Å². The first-order valence-electron chi connectivity index (χ1n) is 4.55. The molecular weight excluding hydrogens is 172 g/mol. The summed E-state index contributed by atoms with van der Waals surface area (Å²) in [4.78, 5) is 3.91. The average molecular weight is 183 g/mol. The first-order chi connectivity index (χ1) is 6.95. The summed E-state index contributed by atoms with van der Waals surface area (Å²) in [6.45, 7) is 0.826. The number of hydrogen-bond acceptors (Lipinski definition) is 2. The summed E-state index contributed by atoms with van der Waals surface area (Å²) in [5.74, 6) is 0. The van der Waals surface area contributed by atoms with E-state index in [1.807, 2.05) is 24.3 Å². The quantitative estimate of drug-likeness (QED) is 0.790. The molecule has 0 bridgehead atoms. The number of benzene rings is 1. The van der Waals surface area contributed by atoms with Crippen LogP contribution in [-0.4, -0.2) is 4.98 Å². The third-order valence-corrected chi connectivity index (χ3v) is 1.96. The van der Waals surface area contributed by atoms with Crippen LogP contribution < -0.4 is 5.32 Å². The minimum atomic E-state index is 0.826. The van der Waals surface area contributed by atoms with Gasteiger partial charge in [0.05, 0.1) is 18.1 Å². The number of nitrogens with one attached hydrogen (secondary N) is 1. The van der Waals surface area contributed by atoms with Gasteiger partial charge < -0.3 is 5.32 Å². The van der Waals surface area contributed by atoms with Gasteiger partial charge in [-0.25, -0.2) is 0 Å². The van der Waals surface area contributed by atoms with Crippen molar-refractivity contribution < 1.29 is 0 Å². The molecule has 0 aliphatic heterocycles. The van der Waals surface area contributed by atoms with E-state index in [0.717, 1.165) is 12.2 Å². The van der Waals surface area contributed by atoms with E-state index in [9.17, 15) is 0 Å². The van der Waals surface area contributed by atoms with Crippen LogP contribution in [0.15, 0.2) is 48.7 Å². The standard InChI is InChI=1S/C12H11N2/c1-2-5-11(6-3-1)9-14-12-7-4-8-13-10-12/h1-7,10,14H,9H2. The molecule has 0 atom stereocenters. The largest absolute Gasteiger partial charge is 0.380 e. The molecule has 1 aromatic heterocycles. The van der Waals surface area contributed by atoms with Gasteiger partial charge in [-0.1, -0.05) is 30.3 Å². The van der Waals surface area contributed by atoms with Crippen molar-refractivity contribution in [2.75, 3.05) is 5.32 Å². The van der Waals surface area contributed by atoms with E-state index in [2.05, 4.69) is 28.6 Å². The maximum atomic E-state index is 3.91. The Morgan fingerprint density at radius 1 is 1.14 bits per heavy atom. The van der Waals surface area contributed by atoms with E-state index in [1.165, 1.54) is 5.56 Å². The molecule has 0 unspecified atom stereocenters. The first kappa shape index (κ1) is 8.75. The second-order valence-electron chi connectivity index (χ2n) is 3.02. The lowest BCUT2D eigenvalue weighted by Crippen LogP contribution is -1.98. The van der Waals surface area contributed by atoms with Gasteiger partial charge in [0.1, 0.15) is 0 Å². The van der Waals surface area contributed by atoms with E-state index >= 15 is 0 Å². The van der Waals surface area contributed by atoms with Gasteiger partial charge in [-0.2, -0.15) is 0 Å². The molecule has 0 amide bonds. The Labute approximate surface area is 83.6 Å². The molecule has 1 N–H and O–H groups in total. The molecule has 69 valence electrons. The van der Waals surface area contributed by atoms with E-state index < -0.39 is 0 Å². The van der Waals surface area contributed by atoms with Gasteiger partial charge >= 0.3 is 0 Å². The fourth-order valence-electron chi connectivity index (χ4n) is 1.22. The third-order valence-electron chi connectivity index (χ3n) is 1.96. The molecule has 0 saturated heterocycles. The van der Waals surface area contributed by atoms with Gasteiger partial charge in [0, 0.05) is 6.54 Å². The minimum absolute atomic E-state index is 0.826. The second kappa shape index (κ2) is 4.42. The van der Waals surface area contributed by atoms with E-state index in [4.69, 9.17) is 0 Å². The lowest BCUT2D eigenvalue weighted by atomic mass is 10.2. The van der Waals surface area contributed by atoms with Crippen LogP contribution in [-0.2, 0) is 6.54 Å². The predicted molar refractivity (Wildman–Crippen MR) is 56.8 cm³/mol. The van der Waals surface area contributed by atoms with Crippen LogP contribution in [0, 0.1) is 6.20 Å². The van der Waals surface area contributed by atoms with Crippen molar-refractivity contribution in [3.63, 3.8) is 0 Å². The Kier molecular flexibility index (Phi) is 2.76. The van der Waals surface area contributed by atoms with E-state index in [-0.39, 0.29) is 0 Å². The smallest absolute Gasteiger partial charge is 0.0887 e. The molecule has 0 fully saturated rings. The summed E-state index contributed by atoms with van der Waals surface area (Å²) in [6.07, 6.45) is 4.51.